The van der Waals surface area contributed by atoms with Gasteiger partial charge in [0.2, 0.25) is 0 Å². The summed E-state index contributed by atoms with van der Waals surface area (Å²) in [7, 11) is 3.18. The average molecular weight is 456 g/mol. The molecule has 0 spiro atoms. The molecule has 2 heterocycles. The topological polar surface area (TPSA) is 72.5 Å². The van der Waals surface area contributed by atoms with Gasteiger partial charge in [0.25, 0.3) is 5.91 Å². The van der Waals surface area contributed by atoms with E-state index >= 15 is 0 Å². The Bertz CT molecular complexity index is 1040. The number of nitrogens with zero attached hydrogens (tertiary/aromatic N) is 2. The van der Waals surface area contributed by atoms with Gasteiger partial charge in [0.15, 0.2) is 16.6 Å². The third-order valence-electron chi connectivity index (χ3n) is 5.16. The first-order valence-electron chi connectivity index (χ1n) is 10.3. The Hall–Kier alpha value is -3.46. The predicted molar refractivity (Wildman–Crippen MR) is 125 cm³/mol. The summed E-state index contributed by atoms with van der Waals surface area (Å²) in [5, 5.41) is 7.05. The van der Waals surface area contributed by atoms with E-state index in [-0.39, 0.29) is 5.91 Å². The van der Waals surface area contributed by atoms with Crippen molar-refractivity contribution in [2.24, 2.45) is 0 Å². The quantitative estimate of drug-likeness (QED) is 0.544. The van der Waals surface area contributed by atoms with Crippen LogP contribution < -0.4 is 24.3 Å². The first-order valence-corrected chi connectivity index (χ1v) is 10.7. The largest absolute Gasteiger partial charge is 0.497 e. The molecule has 8 nitrogen and oxygen atoms in total. The number of benzene rings is 2. The van der Waals surface area contributed by atoms with E-state index in [1.165, 1.54) is 6.08 Å². The van der Waals surface area contributed by atoms with Crippen LogP contribution in [0.25, 0.3) is 6.08 Å². The molecule has 1 fully saturated rings. The molecule has 4 rings (SSSR count). The molecule has 2 aliphatic heterocycles. The molecule has 0 bridgehead atoms. The zero-order valence-corrected chi connectivity index (χ0v) is 18.8. The number of carbonyl (C=O) groups is 1. The van der Waals surface area contributed by atoms with E-state index in [1.807, 2.05) is 30.3 Å². The number of anilines is 1. The average Bonchev–Trinajstić information content (AvgIpc) is 3.32. The SMILES string of the molecule is COc1ccc(OC)c(/C=C/C(=O)N2CCCN2C(=S)Nc2ccc3c(c2)OCCO3)c1. The molecule has 2 aliphatic rings. The molecule has 32 heavy (non-hydrogen) atoms. The molecule has 0 saturated carbocycles. The third-order valence-corrected chi connectivity index (χ3v) is 5.47. The fourth-order valence-electron chi connectivity index (χ4n) is 3.58. The molecule has 0 radical (unpaired) electrons. The van der Waals surface area contributed by atoms with Crippen LogP contribution >= 0.6 is 12.2 Å². The van der Waals surface area contributed by atoms with Gasteiger partial charge in [-0.1, -0.05) is 0 Å². The van der Waals surface area contributed by atoms with Gasteiger partial charge in [-0.25, -0.2) is 5.01 Å². The lowest BCUT2D eigenvalue weighted by atomic mass is 10.1. The van der Waals surface area contributed by atoms with Crippen LogP contribution in [-0.4, -0.2) is 61.6 Å². The fraction of sp³-hybridized carbons (Fsp3) is 0.304. The highest BCUT2D eigenvalue weighted by atomic mass is 32.1. The summed E-state index contributed by atoms with van der Waals surface area (Å²) in [5.41, 5.74) is 1.53. The fourth-order valence-corrected chi connectivity index (χ4v) is 3.89. The number of thiocarbonyl (C=S) groups is 1. The van der Waals surface area contributed by atoms with Crippen LogP contribution in [0.3, 0.4) is 0 Å². The van der Waals surface area contributed by atoms with Crippen molar-refractivity contribution in [2.75, 3.05) is 45.8 Å². The van der Waals surface area contributed by atoms with E-state index in [0.29, 0.717) is 54.4 Å². The number of hydrogen-bond acceptors (Lipinski definition) is 6. The highest BCUT2D eigenvalue weighted by Gasteiger charge is 2.27. The second-order valence-electron chi connectivity index (χ2n) is 7.17. The van der Waals surface area contributed by atoms with Crippen LogP contribution in [0.1, 0.15) is 12.0 Å². The minimum atomic E-state index is -0.168. The monoisotopic (exact) mass is 455 g/mol. The molecular weight excluding hydrogens is 430 g/mol. The predicted octanol–water partition coefficient (Wildman–Crippen LogP) is 3.33. The van der Waals surface area contributed by atoms with E-state index in [1.54, 1.807) is 36.4 Å². The van der Waals surface area contributed by atoms with Crippen molar-refractivity contribution >= 4 is 35.0 Å². The Labute approximate surface area is 192 Å². The number of amides is 1. The minimum absolute atomic E-state index is 0.168. The molecule has 0 aromatic heterocycles. The Balaban J connectivity index is 1.44. The van der Waals surface area contributed by atoms with E-state index in [9.17, 15) is 4.79 Å². The van der Waals surface area contributed by atoms with E-state index in [4.69, 9.17) is 31.2 Å². The van der Waals surface area contributed by atoms with E-state index in [0.717, 1.165) is 17.7 Å². The highest BCUT2D eigenvalue weighted by Crippen LogP contribution is 2.33. The summed E-state index contributed by atoms with van der Waals surface area (Å²) < 4.78 is 21.8. The lowest BCUT2D eigenvalue weighted by Crippen LogP contribution is -2.46. The summed E-state index contributed by atoms with van der Waals surface area (Å²) in [6, 6.07) is 11.0. The van der Waals surface area contributed by atoms with Gasteiger partial charge in [0.1, 0.15) is 24.7 Å². The van der Waals surface area contributed by atoms with Crippen molar-refractivity contribution < 1.29 is 23.7 Å². The number of carbonyl (C=O) groups excluding carboxylic acids is 1. The van der Waals surface area contributed by atoms with Gasteiger partial charge >= 0.3 is 0 Å². The molecule has 168 valence electrons. The van der Waals surface area contributed by atoms with Crippen molar-refractivity contribution in [1.82, 2.24) is 10.0 Å². The van der Waals surface area contributed by atoms with Gasteiger partial charge in [0.05, 0.1) is 14.2 Å². The molecule has 0 unspecified atom stereocenters. The maximum absolute atomic E-state index is 12.9. The molecule has 2 aromatic carbocycles. The number of hydrazine groups is 1. The maximum Gasteiger partial charge on any atom is 0.265 e. The summed E-state index contributed by atoms with van der Waals surface area (Å²) in [5.74, 6) is 2.56. The zero-order valence-electron chi connectivity index (χ0n) is 18.0. The Morgan fingerprint density at radius 3 is 2.59 bits per heavy atom. The van der Waals surface area contributed by atoms with Gasteiger partial charge in [-0.3, -0.25) is 9.80 Å². The summed E-state index contributed by atoms with van der Waals surface area (Å²) in [6.07, 6.45) is 4.06. The minimum Gasteiger partial charge on any atom is -0.497 e. The molecular formula is C23H25N3O5S. The zero-order chi connectivity index (χ0) is 22.5. The summed E-state index contributed by atoms with van der Waals surface area (Å²) in [4.78, 5) is 12.9. The van der Waals surface area contributed by atoms with Crippen molar-refractivity contribution in [3.05, 3.63) is 48.0 Å². The highest BCUT2D eigenvalue weighted by molar-refractivity contribution is 7.80. The smallest absolute Gasteiger partial charge is 0.265 e. The normalized spacial score (nSPS) is 15.1. The number of nitrogens with one attached hydrogen (secondary N) is 1. The maximum atomic E-state index is 12.9. The molecule has 1 saturated heterocycles. The van der Waals surface area contributed by atoms with E-state index in [2.05, 4.69) is 5.32 Å². The van der Waals surface area contributed by atoms with Crippen LogP contribution in [0.4, 0.5) is 5.69 Å². The van der Waals surface area contributed by atoms with Gasteiger partial charge in [-0.05, 0) is 55.0 Å². The Kier molecular flexibility index (Phi) is 6.65. The number of ether oxygens (including phenoxy) is 4. The summed E-state index contributed by atoms with van der Waals surface area (Å²) in [6.45, 7) is 2.29. The molecule has 1 amide bonds. The van der Waals surface area contributed by atoms with Gasteiger partial charge in [-0.15, -0.1) is 0 Å². The lowest BCUT2D eigenvalue weighted by molar-refractivity contribution is -0.133. The molecule has 2 aromatic rings. The number of rotatable bonds is 5. The summed E-state index contributed by atoms with van der Waals surface area (Å²) >= 11 is 5.59. The van der Waals surface area contributed by atoms with Crippen LogP contribution in [-0.2, 0) is 4.79 Å². The lowest BCUT2D eigenvalue weighted by Gasteiger charge is -2.29. The van der Waals surface area contributed by atoms with Crippen molar-refractivity contribution in [2.45, 2.75) is 6.42 Å². The van der Waals surface area contributed by atoms with Crippen molar-refractivity contribution in [1.29, 1.82) is 0 Å². The van der Waals surface area contributed by atoms with Crippen LogP contribution in [0.2, 0.25) is 0 Å². The van der Waals surface area contributed by atoms with Gasteiger partial charge in [0, 0.05) is 36.5 Å². The molecule has 9 heteroatoms. The number of methoxy groups -OCH3 is 2. The first kappa shape index (κ1) is 21.8. The Morgan fingerprint density at radius 1 is 1.03 bits per heavy atom. The second kappa shape index (κ2) is 9.78. The molecule has 0 atom stereocenters. The van der Waals surface area contributed by atoms with E-state index < -0.39 is 0 Å². The standard InChI is InChI=1S/C23H25N3O5S/c1-28-18-6-8-19(29-2)16(14-18)4-9-22(27)25-10-3-11-26(25)23(32)24-17-5-7-20-21(15-17)31-13-12-30-20/h4-9,14-15H,3,10-13H2,1-2H3,(H,24,32)/b9-4+. The van der Waals surface area contributed by atoms with Gasteiger partial charge in [-0.2, -0.15) is 0 Å². The van der Waals surface area contributed by atoms with Crippen molar-refractivity contribution in [3.8, 4) is 23.0 Å². The Morgan fingerprint density at radius 2 is 1.81 bits per heavy atom. The number of fused-ring (bicyclic) bond motifs is 1. The van der Waals surface area contributed by atoms with Gasteiger partial charge < -0.3 is 24.3 Å². The van der Waals surface area contributed by atoms with Crippen LogP contribution in [0, 0.1) is 0 Å². The molecule has 1 N–H and O–H groups in total. The second-order valence-corrected chi connectivity index (χ2v) is 7.55. The first-order chi connectivity index (χ1) is 15.6. The third kappa shape index (κ3) is 4.72. The molecule has 0 aliphatic carbocycles. The van der Waals surface area contributed by atoms with Crippen LogP contribution in [0.15, 0.2) is 42.5 Å². The van der Waals surface area contributed by atoms with Crippen LogP contribution in [0.5, 0.6) is 23.0 Å². The number of hydrogen-bond donors (Lipinski definition) is 1. The van der Waals surface area contributed by atoms with Crippen molar-refractivity contribution in [3.63, 3.8) is 0 Å².